The highest BCUT2D eigenvalue weighted by atomic mass is 35.5. The van der Waals surface area contributed by atoms with Crippen molar-refractivity contribution in [3.63, 3.8) is 0 Å². The van der Waals surface area contributed by atoms with E-state index in [-0.39, 0.29) is 12.4 Å². The number of aromatic nitrogens is 1. The summed E-state index contributed by atoms with van der Waals surface area (Å²) in [7, 11) is 0. The van der Waals surface area contributed by atoms with Crippen molar-refractivity contribution in [2.24, 2.45) is 0 Å². The summed E-state index contributed by atoms with van der Waals surface area (Å²) >= 11 is 0. The van der Waals surface area contributed by atoms with Gasteiger partial charge in [0.05, 0.1) is 0 Å². The molecule has 0 atom stereocenters. The topological polar surface area (TPSA) is 29.8 Å². The SMILES string of the molecule is CC=[NH+]CCc1c[nH]c2ccccc12.[Cl-]. The first-order valence-corrected chi connectivity index (χ1v) is 4.98. The number of hydrogen-bond donors (Lipinski definition) is 2. The molecule has 0 aliphatic heterocycles. The Kier molecular flexibility index (Phi) is 4.37. The Balaban J connectivity index is 0.00000112. The first-order chi connectivity index (χ1) is 6.92. The van der Waals surface area contributed by atoms with Gasteiger partial charge in [-0.3, -0.25) is 4.99 Å². The quantitative estimate of drug-likeness (QED) is 0.557. The Morgan fingerprint density at radius 2 is 2.13 bits per heavy atom. The van der Waals surface area contributed by atoms with E-state index in [2.05, 4.69) is 40.4 Å². The average molecular weight is 223 g/mol. The second-order valence-electron chi connectivity index (χ2n) is 3.35. The highest BCUT2D eigenvalue weighted by molar-refractivity contribution is 5.82. The minimum atomic E-state index is 0. The fourth-order valence-electron chi connectivity index (χ4n) is 1.69. The van der Waals surface area contributed by atoms with Crippen molar-refractivity contribution in [2.75, 3.05) is 6.54 Å². The lowest BCUT2D eigenvalue weighted by molar-refractivity contribution is -0.451. The second-order valence-corrected chi connectivity index (χ2v) is 3.35. The number of halogens is 1. The highest BCUT2D eigenvalue weighted by Gasteiger charge is 2.02. The van der Waals surface area contributed by atoms with Gasteiger partial charge in [0.15, 0.2) is 0 Å². The molecule has 2 nitrogen and oxygen atoms in total. The van der Waals surface area contributed by atoms with Gasteiger partial charge in [-0.15, -0.1) is 0 Å². The second kappa shape index (κ2) is 5.56. The predicted molar refractivity (Wildman–Crippen MR) is 59.6 cm³/mol. The summed E-state index contributed by atoms with van der Waals surface area (Å²) in [4.78, 5) is 6.49. The zero-order valence-corrected chi connectivity index (χ0v) is 9.51. The van der Waals surface area contributed by atoms with E-state index in [9.17, 15) is 0 Å². The van der Waals surface area contributed by atoms with Crippen LogP contribution in [0.15, 0.2) is 30.5 Å². The Morgan fingerprint density at radius 3 is 2.93 bits per heavy atom. The number of aromatic amines is 1. The molecule has 15 heavy (non-hydrogen) atoms. The molecule has 0 bridgehead atoms. The molecular weight excluding hydrogens is 208 g/mol. The summed E-state index contributed by atoms with van der Waals surface area (Å²) in [5.74, 6) is 0. The largest absolute Gasteiger partial charge is 1.00 e. The molecule has 1 heterocycles. The van der Waals surface area contributed by atoms with Crippen LogP contribution in [-0.2, 0) is 6.42 Å². The Morgan fingerprint density at radius 1 is 1.33 bits per heavy atom. The Labute approximate surface area is 95.8 Å². The average Bonchev–Trinajstić information content (AvgIpc) is 2.63. The van der Waals surface area contributed by atoms with Gasteiger partial charge >= 0.3 is 0 Å². The molecule has 0 aliphatic rings. The van der Waals surface area contributed by atoms with Crippen LogP contribution >= 0.6 is 0 Å². The minimum absolute atomic E-state index is 0. The van der Waals surface area contributed by atoms with Gasteiger partial charge in [-0.05, 0) is 11.6 Å². The molecule has 2 N–H and O–H groups in total. The molecule has 0 unspecified atom stereocenters. The molecule has 0 radical (unpaired) electrons. The summed E-state index contributed by atoms with van der Waals surface area (Å²) in [6.07, 6.45) is 5.14. The zero-order chi connectivity index (χ0) is 9.80. The van der Waals surface area contributed by atoms with E-state index in [1.165, 1.54) is 16.5 Å². The number of hydrogen-bond acceptors (Lipinski definition) is 0. The number of para-hydroxylation sites is 1. The van der Waals surface area contributed by atoms with Crippen molar-refractivity contribution < 1.29 is 17.4 Å². The number of fused-ring (bicyclic) bond motifs is 1. The van der Waals surface area contributed by atoms with Gasteiger partial charge in [-0.25, -0.2) is 0 Å². The fourth-order valence-corrected chi connectivity index (χ4v) is 1.69. The van der Waals surface area contributed by atoms with E-state index in [1.54, 1.807) is 0 Å². The molecule has 2 rings (SSSR count). The van der Waals surface area contributed by atoms with Crippen LogP contribution in [0.5, 0.6) is 0 Å². The van der Waals surface area contributed by atoms with Crippen molar-refractivity contribution in [2.45, 2.75) is 13.3 Å². The third-order valence-electron chi connectivity index (χ3n) is 2.42. The predicted octanol–water partition coefficient (Wildman–Crippen LogP) is -2.11. The van der Waals surface area contributed by atoms with Crippen LogP contribution < -0.4 is 17.4 Å². The molecule has 0 saturated carbocycles. The van der Waals surface area contributed by atoms with Crippen LogP contribution in [0.2, 0.25) is 0 Å². The summed E-state index contributed by atoms with van der Waals surface area (Å²) in [6.45, 7) is 3.01. The van der Waals surface area contributed by atoms with Crippen molar-refractivity contribution in [1.29, 1.82) is 0 Å². The maximum absolute atomic E-state index is 3.28. The number of benzene rings is 1. The standard InChI is InChI=1S/C12H14N2.ClH/c1-2-13-8-7-10-9-14-12-6-4-3-5-11(10)12;/h2-6,9,14H,7-8H2,1H3;1H. The summed E-state index contributed by atoms with van der Waals surface area (Å²) in [5, 5.41) is 1.34. The molecule has 0 spiro atoms. The van der Waals surface area contributed by atoms with E-state index in [1.807, 2.05) is 13.1 Å². The summed E-state index contributed by atoms with van der Waals surface area (Å²) in [5.41, 5.74) is 2.61. The van der Waals surface area contributed by atoms with Crippen molar-refractivity contribution in [3.05, 3.63) is 36.0 Å². The lowest BCUT2D eigenvalue weighted by Gasteiger charge is -1.92. The van der Waals surface area contributed by atoms with Gasteiger partial charge < -0.3 is 17.4 Å². The monoisotopic (exact) mass is 222 g/mol. The highest BCUT2D eigenvalue weighted by Crippen LogP contribution is 2.17. The Bertz CT molecular complexity index is 446. The third kappa shape index (κ3) is 2.60. The minimum Gasteiger partial charge on any atom is -1.00 e. The maximum atomic E-state index is 3.28. The lowest BCUT2D eigenvalue weighted by atomic mass is 10.1. The van der Waals surface area contributed by atoms with Crippen molar-refractivity contribution in [1.82, 2.24) is 4.98 Å². The molecule has 2 aromatic rings. The molecule has 1 aromatic heterocycles. The van der Waals surface area contributed by atoms with Crippen LogP contribution in [0.1, 0.15) is 12.5 Å². The van der Waals surface area contributed by atoms with E-state index in [0.717, 1.165) is 13.0 Å². The van der Waals surface area contributed by atoms with Crippen LogP contribution in [0.3, 0.4) is 0 Å². The van der Waals surface area contributed by atoms with Crippen LogP contribution in [0, 0.1) is 0 Å². The molecule has 0 fully saturated rings. The van der Waals surface area contributed by atoms with Gasteiger partial charge in [0.25, 0.3) is 0 Å². The molecular formula is C12H15ClN2. The molecule has 3 heteroatoms. The molecule has 0 amide bonds. The molecule has 0 saturated heterocycles. The van der Waals surface area contributed by atoms with E-state index < -0.39 is 0 Å². The van der Waals surface area contributed by atoms with E-state index in [0.29, 0.717) is 0 Å². The van der Waals surface area contributed by atoms with Crippen LogP contribution in [-0.4, -0.2) is 17.7 Å². The molecule has 80 valence electrons. The van der Waals surface area contributed by atoms with Gasteiger partial charge in [-0.2, -0.15) is 0 Å². The van der Waals surface area contributed by atoms with Crippen LogP contribution in [0.4, 0.5) is 0 Å². The maximum Gasteiger partial charge on any atom is 0.144 e. The van der Waals surface area contributed by atoms with Crippen molar-refractivity contribution >= 4 is 17.1 Å². The lowest BCUT2D eigenvalue weighted by Crippen LogP contribution is -3.00. The fraction of sp³-hybridized carbons (Fsp3) is 0.250. The smallest absolute Gasteiger partial charge is 0.144 e. The summed E-state index contributed by atoms with van der Waals surface area (Å²) < 4.78 is 0. The Hall–Kier alpha value is -1.28. The zero-order valence-electron chi connectivity index (χ0n) is 8.76. The normalized spacial score (nSPS) is 10.7. The van der Waals surface area contributed by atoms with Gasteiger partial charge in [-0.1, -0.05) is 18.2 Å². The van der Waals surface area contributed by atoms with Gasteiger partial charge in [0.2, 0.25) is 0 Å². The molecule has 0 aliphatic carbocycles. The van der Waals surface area contributed by atoms with Gasteiger partial charge in [0.1, 0.15) is 12.8 Å². The summed E-state index contributed by atoms with van der Waals surface area (Å²) in [6, 6.07) is 8.41. The van der Waals surface area contributed by atoms with Gasteiger partial charge in [0, 0.05) is 30.4 Å². The first kappa shape index (κ1) is 11.8. The number of nitrogens with one attached hydrogen (secondary N) is 2. The number of rotatable bonds is 3. The van der Waals surface area contributed by atoms with E-state index >= 15 is 0 Å². The number of H-pyrrole nitrogens is 1. The third-order valence-corrected chi connectivity index (χ3v) is 2.42. The van der Waals surface area contributed by atoms with E-state index in [4.69, 9.17) is 0 Å². The van der Waals surface area contributed by atoms with Crippen molar-refractivity contribution in [3.8, 4) is 0 Å². The molecule has 1 aromatic carbocycles. The first-order valence-electron chi connectivity index (χ1n) is 4.98. The van der Waals surface area contributed by atoms with Crippen LogP contribution in [0.25, 0.3) is 10.9 Å².